The van der Waals surface area contributed by atoms with Crippen LogP contribution in [-0.4, -0.2) is 51.6 Å². The molecule has 2 heterocycles. The van der Waals surface area contributed by atoms with Crippen molar-refractivity contribution in [2.24, 2.45) is 11.1 Å². The summed E-state index contributed by atoms with van der Waals surface area (Å²) in [6, 6.07) is -0.515. The second kappa shape index (κ2) is 9.87. The Hall–Kier alpha value is -2.11. The quantitative estimate of drug-likeness (QED) is 0.509. The van der Waals surface area contributed by atoms with Gasteiger partial charge in [0.1, 0.15) is 17.8 Å². The van der Waals surface area contributed by atoms with Crippen molar-refractivity contribution < 1.29 is 27.4 Å². The van der Waals surface area contributed by atoms with Gasteiger partial charge in [-0.25, -0.2) is 27.5 Å². The summed E-state index contributed by atoms with van der Waals surface area (Å²) >= 11 is 6.29. The molecular formula is C22H31ClF3N5O3. The van der Waals surface area contributed by atoms with E-state index in [1.807, 2.05) is 0 Å². The number of hydrogen-bond acceptors (Lipinski definition) is 6. The van der Waals surface area contributed by atoms with Crippen molar-refractivity contribution >= 4 is 23.3 Å². The van der Waals surface area contributed by atoms with Crippen molar-refractivity contribution in [1.82, 2.24) is 19.9 Å². The number of rotatable bonds is 9. The summed E-state index contributed by atoms with van der Waals surface area (Å²) in [6.07, 6.45) is -2.64. The number of halogens is 4. The highest BCUT2D eigenvalue weighted by Gasteiger charge is 2.45. The molecule has 1 aliphatic rings. The molecule has 3 N–H and O–H groups in total. The Morgan fingerprint density at radius 3 is 2.50 bits per heavy atom. The van der Waals surface area contributed by atoms with Gasteiger partial charge in [-0.15, -0.1) is 0 Å². The molecule has 12 heteroatoms. The number of imidazole rings is 1. The largest absolute Gasteiger partial charge is 0.444 e. The zero-order valence-corrected chi connectivity index (χ0v) is 20.6. The fourth-order valence-corrected chi connectivity index (χ4v) is 3.46. The number of hydrogen-bond donors (Lipinski definition) is 2. The third-order valence-corrected chi connectivity index (χ3v) is 5.74. The fraction of sp³-hybridized carbons (Fsp3) is 0.682. The number of alkyl halides is 3. The van der Waals surface area contributed by atoms with Crippen LogP contribution in [0.5, 0.6) is 0 Å². The summed E-state index contributed by atoms with van der Waals surface area (Å²) in [7, 11) is 0. The molecular weight excluding hydrogens is 475 g/mol. The summed E-state index contributed by atoms with van der Waals surface area (Å²) in [5, 5.41) is 6.66. The second-order valence-corrected chi connectivity index (χ2v) is 10.5. The van der Waals surface area contributed by atoms with Crippen LogP contribution in [0.3, 0.4) is 0 Å². The Morgan fingerprint density at radius 1 is 1.29 bits per heavy atom. The van der Waals surface area contributed by atoms with E-state index in [-0.39, 0.29) is 29.2 Å². The van der Waals surface area contributed by atoms with Crippen molar-refractivity contribution in [3.05, 3.63) is 28.7 Å². The van der Waals surface area contributed by atoms with Gasteiger partial charge in [0.25, 0.3) is 0 Å². The first-order chi connectivity index (χ1) is 15.7. The van der Waals surface area contributed by atoms with Gasteiger partial charge in [-0.3, -0.25) is 0 Å². The van der Waals surface area contributed by atoms with Crippen molar-refractivity contribution in [2.45, 2.75) is 83.8 Å². The van der Waals surface area contributed by atoms with E-state index in [2.05, 4.69) is 15.4 Å². The summed E-state index contributed by atoms with van der Waals surface area (Å²) in [4.78, 5) is 16.7. The Morgan fingerprint density at radius 2 is 1.94 bits per heavy atom. The first-order valence-corrected chi connectivity index (χ1v) is 11.4. The summed E-state index contributed by atoms with van der Waals surface area (Å²) in [5.41, 5.74) is 3.95. The minimum absolute atomic E-state index is 0.0180. The first-order valence-electron chi connectivity index (χ1n) is 11.0. The first kappa shape index (κ1) is 26.5. The number of carbonyl (C=O) groups excluding carboxylic acids is 1. The topological polar surface area (TPSA) is 104 Å². The lowest BCUT2D eigenvalue weighted by atomic mass is 9.83. The minimum Gasteiger partial charge on any atom is -0.444 e. The molecule has 0 aromatic carbocycles. The molecule has 1 amide bonds. The molecule has 2 aromatic rings. The highest BCUT2D eigenvalue weighted by molar-refractivity contribution is 6.30. The van der Waals surface area contributed by atoms with Crippen LogP contribution < -0.4 is 11.1 Å². The molecule has 3 rings (SSSR count). The molecule has 0 spiro atoms. The molecule has 2 aromatic heterocycles. The van der Waals surface area contributed by atoms with Gasteiger partial charge in [0.05, 0.1) is 36.1 Å². The van der Waals surface area contributed by atoms with Gasteiger partial charge in [-0.2, -0.15) is 5.10 Å². The summed E-state index contributed by atoms with van der Waals surface area (Å²) in [6.45, 7) is 7.29. The van der Waals surface area contributed by atoms with E-state index in [1.54, 1.807) is 26.8 Å². The average molecular weight is 506 g/mol. The van der Waals surface area contributed by atoms with Crippen LogP contribution in [0, 0.1) is 5.41 Å². The normalized spacial score (nSPS) is 17.6. The third kappa shape index (κ3) is 6.31. The van der Waals surface area contributed by atoms with Crippen molar-refractivity contribution in [3.8, 4) is 0 Å². The number of ether oxygens (including phenoxy) is 2. The molecule has 0 radical (unpaired) electrons. The molecule has 1 aliphatic carbocycles. The average Bonchev–Trinajstić information content (AvgIpc) is 3.45. The zero-order chi connectivity index (χ0) is 25.4. The van der Waals surface area contributed by atoms with Gasteiger partial charge in [-0.1, -0.05) is 25.4 Å². The van der Waals surface area contributed by atoms with Crippen LogP contribution in [0.4, 0.5) is 18.0 Å². The molecule has 1 unspecified atom stereocenters. The number of carbonyl (C=O) groups is 1. The van der Waals surface area contributed by atoms with Crippen molar-refractivity contribution in [3.63, 3.8) is 0 Å². The molecule has 3 atom stereocenters. The van der Waals surface area contributed by atoms with E-state index in [4.69, 9.17) is 26.8 Å². The van der Waals surface area contributed by atoms with E-state index in [0.29, 0.717) is 5.56 Å². The van der Waals surface area contributed by atoms with Crippen LogP contribution in [-0.2, 0) is 9.47 Å². The number of alkyl carbamates (subject to hydrolysis) is 1. The maximum atomic E-state index is 15.5. The minimum atomic E-state index is -2.99. The number of aromatic nitrogens is 3. The maximum absolute atomic E-state index is 15.5. The standard InChI is InChI=1S/C22H31ClF3N5O3/c1-21(2,3)34-20(32)29-16(17(24)22(4,5)19(25)26)14-9-31-15(28-14)8-12(18(23)30-31)13(27)10-33-11-6-7-11/h8-9,11,13,16-17,19H,6-7,10,27H2,1-5H3,(H,29,32)/t13-,16+,17?/m1/s1. The number of nitrogens with two attached hydrogens (primary N) is 1. The van der Waals surface area contributed by atoms with Gasteiger partial charge in [0, 0.05) is 5.56 Å². The molecule has 1 saturated carbocycles. The van der Waals surface area contributed by atoms with Crippen LogP contribution in [0.25, 0.3) is 5.65 Å². The maximum Gasteiger partial charge on any atom is 0.408 e. The van der Waals surface area contributed by atoms with Crippen LogP contribution >= 0.6 is 11.6 Å². The number of nitrogens with one attached hydrogen (secondary N) is 1. The lowest BCUT2D eigenvalue weighted by Gasteiger charge is -2.33. The molecule has 0 bridgehead atoms. The van der Waals surface area contributed by atoms with Gasteiger partial charge >= 0.3 is 6.09 Å². The van der Waals surface area contributed by atoms with E-state index < -0.39 is 41.8 Å². The molecule has 1 fully saturated rings. The van der Waals surface area contributed by atoms with Gasteiger partial charge in [0.15, 0.2) is 10.8 Å². The lowest BCUT2D eigenvalue weighted by Crippen LogP contribution is -2.45. The number of fused-ring (bicyclic) bond motifs is 1. The third-order valence-electron chi connectivity index (χ3n) is 5.44. The molecule has 190 valence electrons. The monoisotopic (exact) mass is 505 g/mol. The summed E-state index contributed by atoms with van der Waals surface area (Å²) in [5.74, 6) is 0. The van der Waals surface area contributed by atoms with E-state index in [0.717, 1.165) is 26.7 Å². The number of amides is 1. The number of nitrogens with zero attached hydrogens (tertiary/aromatic N) is 3. The van der Waals surface area contributed by atoms with Gasteiger partial charge < -0.3 is 20.5 Å². The van der Waals surface area contributed by atoms with Crippen LogP contribution in [0.15, 0.2) is 12.3 Å². The molecule has 0 aliphatic heterocycles. The van der Waals surface area contributed by atoms with Crippen LogP contribution in [0.2, 0.25) is 5.15 Å². The highest BCUT2D eigenvalue weighted by atomic mass is 35.5. The lowest BCUT2D eigenvalue weighted by molar-refractivity contribution is -0.0484. The zero-order valence-electron chi connectivity index (χ0n) is 19.8. The van der Waals surface area contributed by atoms with Gasteiger partial charge in [-0.05, 0) is 39.7 Å². The Labute approximate surface area is 201 Å². The molecule has 8 nitrogen and oxygen atoms in total. The van der Waals surface area contributed by atoms with Crippen molar-refractivity contribution in [2.75, 3.05) is 6.61 Å². The van der Waals surface area contributed by atoms with E-state index >= 15 is 4.39 Å². The second-order valence-electron chi connectivity index (χ2n) is 10.1. The summed E-state index contributed by atoms with van der Waals surface area (Å²) < 4.78 is 54.8. The Balaban J connectivity index is 1.94. The SMILES string of the molecule is CC(C)(C)OC(=O)N[C@@H](c1cn2nc(Cl)c([C@H](N)COC3CC3)cc2n1)C(F)C(C)(C)C(F)F. The predicted octanol–water partition coefficient (Wildman–Crippen LogP) is 4.76. The van der Waals surface area contributed by atoms with Crippen molar-refractivity contribution in [1.29, 1.82) is 0 Å². The highest BCUT2D eigenvalue weighted by Crippen LogP contribution is 2.38. The van der Waals surface area contributed by atoms with Gasteiger partial charge in [0.2, 0.25) is 6.43 Å². The Kier molecular flexibility index (Phi) is 7.69. The predicted molar refractivity (Wildman–Crippen MR) is 121 cm³/mol. The smallest absolute Gasteiger partial charge is 0.408 e. The molecule has 34 heavy (non-hydrogen) atoms. The van der Waals surface area contributed by atoms with E-state index in [9.17, 15) is 13.6 Å². The van der Waals surface area contributed by atoms with E-state index in [1.165, 1.54) is 10.7 Å². The van der Waals surface area contributed by atoms with Crippen LogP contribution in [0.1, 0.15) is 70.8 Å². The Bertz CT molecular complexity index is 1020. The molecule has 0 saturated heterocycles. The fourth-order valence-electron chi connectivity index (χ4n) is 3.19.